The molecule has 0 saturated carbocycles. The van der Waals surface area contributed by atoms with E-state index in [1.165, 1.54) is 7.11 Å². The average Bonchev–Trinajstić information content (AvgIpc) is 3.16. The number of nitrogens with one attached hydrogen (secondary N) is 1. The lowest BCUT2D eigenvalue weighted by Crippen LogP contribution is -2.33. The van der Waals surface area contributed by atoms with Crippen molar-refractivity contribution in [2.75, 3.05) is 37.5 Å². The molecule has 0 radical (unpaired) electrons. The van der Waals surface area contributed by atoms with Crippen molar-refractivity contribution in [1.29, 1.82) is 0 Å². The third kappa shape index (κ3) is 3.82. The summed E-state index contributed by atoms with van der Waals surface area (Å²) in [5.74, 6) is 1.72. The fourth-order valence-corrected chi connectivity index (χ4v) is 3.13. The van der Waals surface area contributed by atoms with E-state index in [-0.39, 0.29) is 12.5 Å². The van der Waals surface area contributed by atoms with E-state index in [9.17, 15) is 4.79 Å². The molecule has 3 rings (SSSR count). The summed E-state index contributed by atoms with van der Waals surface area (Å²) in [5, 5.41) is 8.15. The van der Waals surface area contributed by atoms with Crippen LogP contribution >= 0.6 is 11.6 Å². The molecule has 0 aliphatic heterocycles. The van der Waals surface area contributed by atoms with Crippen molar-refractivity contribution in [3.8, 4) is 5.75 Å². The van der Waals surface area contributed by atoms with Crippen LogP contribution in [-0.4, -0.2) is 47.9 Å². The topological polar surface area (TPSA) is 81.0 Å². The van der Waals surface area contributed by atoms with Crippen molar-refractivity contribution < 1.29 is 14.3 Å². The first-order valence-corrected chi connectivity index (χ1v) is 9.13. The zero-order valence-corrected chi connectivity index (χ0v) is 16.9. The number of anilines is 3. The monoisotopic (exact) mass is 403 g/mol. The normalized spacial score (nSPS) is 10.8. The summed E-state index contributed by atoms with van der Waals surface area (Å²) in [6.07, 6.45) is 1.67. The third-order valence-corrected chi connectivity index (χ3v) is 4.71. The van der Waals surface area contributed by atoms with Crippen LogP contribution in [0.2, 0.25) is 5.02 Å². The fourth-order valence-electron chi connectivity index (χ4n) is 2.91. The smallest absolute Gasteiger partial charge is 0.325 e. The number of carbonyl (C=O) groups is 1. The molecule has 1 N–H and O–H groups in total. The minimum atomic E-state index is -0.328. The Kier molecular flexibility index (Phi) is 5.89. The van der Waals surface area contributed by atoms with Crippen molar-refractivity contribution in [3.63, 3.8) is 0 Å². The number of esters is 1. The van der Waals surface area contributed by atoms with Gasteiger partial charge in [0.05, 0.1) is 31.1 Å². The fraction of sp³-hybridized carbons (Fsp3) is 0.316. The second-order valence-corrected chi connectivity index (χ2v) is 6.48. The summed E-state index contributed by atoms with van der Waals surface area (Å²) in [5.41, 5.74) is 2.17. The Labute approximate surface area is 168 Å². The number of ether oxygens (including phenoxy) is 2. The third-order valence-electron chi connectivity index (χ3n) is 4.40. The molecule has 0 atom stereocenters. The molecule has 0 aliphatic rings. The molecule has 0 bridgehead atoms. The number of likely N-dealkylation sites (N-methyl/N-ethyl adjacent to an activating group) is 1. The lowest BCUT2D eigenvalue weighted by molar-refractivity contribution is -0.138. The van der Waals surface area contributed by atoms with Gasteiger partial charge < -0.3 is 19.7 Å². The predicted molar refractivity (Wildman–Crippen MR) is 109 cm³/mol. The molecule has 0 spiro atoms. The molecular formula is C19H22ClN5O3. The molecule has 0 aliphatic carbocycles. The summed E-state index contributed by atoms with van der Waals surface area (Å²) >= 11 is 6.37. The van der Waals surface area contributed by atoms with Gasteiger partial charge in [-0.1, -0.05) is 11.6 Å². The summed E-state index contributed by atoms with van der Waals surface area (Å²) in [4.78, 5) is 18.4. The summed E-state index contributed by atoms with van der Waals surface area (Å²) < 4.78 is 11.7. The van der Waals surface area contributed by atoms with Crippen molar-refractivity contribution in [2.24, 2.45) is 0 Å². The largest absolute Gasteiger partial charge is 0.497 e. The molecule has 3 aromatic rings. The van der Waals surface area contributed by atoms with Crippen LogP contribution < -0.4 is 15.0 Å². The lowest BCUT2D eigenvalue weighted by Gasteiger charge is -2.25. The Morgan fingerprint density at radius 1 is 1.32 bits per heavy atom. The molecule has 0 amide bonds. The van der Waals surface area contributed by atoms with Crippen LogP contribution in [-0.2, 0) is 9.53 Å². The first-order chi connectivity index (χ1) is 13.5. The van der Waals surface area contributed by atoms with Gasteiger partial charge in [0.1, 0.15) is 23.9 Å². The van der Waals surface area contributed by atoms with E-state index in [4.69, 9.17) is 21.1 Å². The molecule has 148 valence electrons. The highest BCUT2D eigenvalue weighted by Gasteiger charge is 2.20. The van der Waals surface area contributed by atoms with Crippen molar-refractivity contribution in [3.05, 3.63) is 41.0 Å². The molecule has 28 heavy (non-hydrogen) atoms. The van der Waals surface area contributed by atoms with Gasteiger partial charge in [-0.2, -0.15) is 9.61 Å². The summed E-state index contributed by atoms with van der Waals surface area (Å²) in [6, 6.07) is 7.18. The molecule has 2 aromatic heterocycles. The Bertz CT molecular complexity index is 1000. The highest BCUT2D eigenvalue weighted by Crippen LogP contribution is 2.32. The number of carbonyl (C=O) groups excluding carboxylic acids is 1. The first-order valence-electron chi connectivity index (χ1n) is 8.75. The number of hydrogen-bond donors (Lipinski definition) is 1. The zero-order valence-electron chi connectivity index (χ0n) is 16.2. The number of benzene rings is 1. The van der Waals surface area contributed by atoms with E-state index in [2.05, 4.69) is 15.4 Å². The van der Waals surface area contributed by atoms with Gasteiger partial charge in [-0.25, -0.2) is 4.98 Å². The molecule has 8 nitrogen and oxygen atoms in total. The van der Waals surface area contributed by atoms with Gasteiger partial charge in [-0.05, 0) is 26.0 Å². The molecule has 0 unspecified atom stereocenters. The average molecular weight is 404 g/mol. The van der Waals surface area contributed by atoms with Crippen LogP contribution in [0.3, 0.4) is 0 Å². The second kappa shape index (κ2) is 8.35. The minimum Gasteiger partial charge on any atom is -0.497 e. The van der Waals surface area contributed by atoms with Crippen molar-refractivity contribution in [1.82, 2.24) is 14.6 Å². The number of aromatic nitrogens is 3. The second-order valence-electron chi connectivity index (χ2n) is 6.07. The number of nitrogens with zero attached hydrogens (tertiary/aromatic N) is 4. The van der Waals surface area contributed by atoms with Gasteiger partial charge in [-0.15, -0.1) is 0 Å². The highest BCUT2D eigenvalue weighted by atomic mass is 35.5. The highest BCUT2D eigenvalue weighted by molar-refractivity contribution is 6.33. The molecule has 9 heteroatoms. The Hall–Kier alpha value is -3.00. The summed E-state index contributed by atoms with van der Waals surface area (Å²) in [7, 11) is 2.96. The van der Waals surface area contributed by atoms with Crippen LogP contribution in [0.5, 0.6) is 5.75 Å². The van der Waals surface area contributed by atoms with Crippen LogP contribution in [0.1, 0.15) is 12.5 Å². The van der Waals surface area contributed by atoms with Crippen LogP contribution in [0.15, 0.2) is 30.5 Å². The summed E-state index contributed by atoms with van der Waals surface area (Å²) in [6.45, 7) is 4.59. The number of rotatable bonds is 7. The maximum Gasteiger partial charge on any atom is 0.325 e. The lowest BCUT2D eigenvalue weighted by atomic mass is 10.2. The predicted octanol–water partition coefficient (Wildman–Crippen LogP) is 3.44. The maximum absolute atomic E-state index is 11.9. The number of methoxy groups -OCH3 is 2. The Balaban J connectivity index is 2.07. The van der Waals surface area contributed by atoms with E-state index >= 15 is 0 Å². The Morgan fingerprint density at radius 3 is 2.75 bits per heavy atom. The number of halogens is 1. The van der Waals surface area contributed by atoms with E-state index < -0.39 is 0 Å². The van der Waals surface area contributed by atoms with E-state index in [1.807, 2.05) is 30.9 Å². The molecule has 0 saturated heterocycles. The van der Waals surface area contributed by atoms with E-state index in [0.717, 1.165) is 11.4 Å². The van der Waals surface area contributed by atoms with Gasteiger partial charge in [0, 0.05) is 24.2 Å². The molecule has 2 heterocycles. The first kappa shape index (κ1) is 19.8. The van der Waals surface area contributed by atoms with Crippen molar-refractivity contribution >= 4 is 40.5 Å². The quantitative estimate of drug-likeness (QED) is 0.605. The van der Waals surface area contributed by atoms with Gasteiger partial charge in [0.25, 0.3) is 0 Å². The zero-order chi connectivity index (χ0) is 20.3. The van der Waals surface area contributed by atoms with Gasteiger partial charge >= 0.3 is 5.97 Å². The number of hydrogen-bond acceptors (Lipinski definition) is 7. The SMILES string of the molecule is CCN(CC(=O)OC)c1c(C)c(Nc2ccc(OC)cc2Cl)nc2ccnn12. The molecule has 1 aromatic carbocycles. The molecule has 0 fully saturated rings. The van der Waals surface area contributed by atoms with Gasteiger partial charge in [-0.3, -0.25) is 4.79 Å². The van der Waals surface area contributed by atoms with Gasteiger partial charge in [0.15, 0.2) is 5.65 Å². The van der Waals surface area contributed by atoms with Crippen LogP contribution in [0, 0.1) is 6.92 Å². The minimum absolute atomic E-state index is 0.107. The van der Waals surface area contributed by atoms with Gasteiger partial charge in [0.2, 0.25) is 0 Å². The van der Waals surface area contributed by atoms with Crippen LogP contribution in [0.4, 0.5) is 17.3 Å². The Morgan fingerprint density at radius 2 is 2.11 bits per heavy atom. The maximum atomic E-state index is 11.9. The number of fused-ring (bicyclic) bond motifs is 1. The van der Waals surface area contributed by atoms with E-state index in [0.29, 0.717) is 34.5 Å². The van der Waals surface area contributed by atoms with Crippen molar-refractivity contribution in [2.45, 2.75) is 13.8 Å². The van der Waals surface area contributed by atoms with Crippen LogP contribution in [0.25, 0.3) is 5.65 Å². The standard InChI is InChI=1S/C19H22ClN5O3/c1-5-24(11-17(26)28-4)19-12(2)18(23-16-8-9-21-25(16)19)22-15-7-6-13(27-3)10-14(15)20/h6-10H,5,11H2,1-4H3,(H,22,23). The van der Waals surface area contributed by atoms with E-state index in [1.54, 1.807) is 30.0 Å². The molecular weight excluding hydrogens is 382 g/mol.